The van der Waals surface area contributed by atoms with Crippen LogP contribution in [-0.4, -0.2) is 35.2 Å². The Bertz CT molecular complexity index is 749. The fourth-order valence-electron chi connectivity index (χ4n) is 2.63. The second-order valence-electron chi connectivity index (χ2n) is 8.50. The highest BCUT2D eigenvalue weighted by Crippen LogP contribution is 2.36. The lowest BCUT2D eigenvalue weighted by Crippen LogP contribution is -2.53. The summed E-state index contributed by atoms with van der Waals surface area (Å²) in [6, 6.07) is 2.72. The largest absolute Gasteiger partial charge is 0.407 e. The number of carbonyl (C=O) groups excluding carboxylic acids is 1. The zero-order valence-corrected chi connectivity index (χ0v) is 17.4. The maximum absolute atomic E-state index is 13.7. The first-order chi connectivity index (χ1) is 13.4. The molecule has 2 atom stereocenters. The van der Waals surface area contributed by atoms with Gasteiger partial charge < -0.3 is 5.32 Å². The molecule has 0 heterocycles. The number of alkyl halides is 3. The van der Waals surface area contributed by atoms with Gasteiger partial charge in [-0.05, 0) is 41.7 Å². The number of rotatable bonds is 8. The van der Waals surface area contributed by atoms with Crippen molar-refractivity contribution in [2.45, 2.75) is 57.4 Å². The summed E-state index contributed by atoms with van der Waals surface area (Å²) in [5, 5.41) is 14.2. The number of hydrogen-bond donors (Lipinski definition) is 2. The van der Waals surface area contributed by atoms with Crippen molar-refractivity contribution in [3.63, 3.8) is 0 Å². The number of hydrogen-bond acceptors (Lipinski definition) is 4. The number of thioether (sulfide) groups is 1. The molecule has 0 bridgehead atoms. The van der Waals surface area contributed by atoms with E-state index in [9.17, 15) is 27.6 Å². The predicted octanol–water partition coefficient (Wildman–Crippen LogP) is 4.34. The van der Waals surface area contributed by atoms with E-state index in [1.54, 1.807) is 0 Å². The van der Waals surface area contributed by atoms with E-state index in [1.165, 1.54) is 11.8 Å². The van der Waals surface area contributed by atoms with Crippen molar-refractivity contribution < 1.29 is 22.4 Å². The minimum Gasteiger partial charge on any atom is -0.336 e. The van der Waals surface area contributed by atoms with Crippen LogP contribution >= 0.6 is 11.8 Å². The third kappa shape index (κ3) is 7.19. The third-order valence-electron chi connectivity index (χ3n) is 4.36. The average molecular weight is 431 g/mol. The van der Waals surface area contributed by atoms with Crippen molar-refractivity contribution in [1.29, 1.82) is 5.26 Å². The summed E-state index contributed by atoms with van der Waals surface area (Å²) in [6.07, 6.45) is -3.72. The first kappa shape index (κ1) is 23.5. The number of nitriles is 1. The number of halogens is 4. The Morgan fingerprint density at radius 1 is 1.24 bits per heavy atom. The van der Waals surface area contributed by atoms with E-state index < -0.39 is 35.5 Å². The Morgan fingerprint density at radius 3 is 2.28 bits per heavy atom. The van der Waals surface area contributed by atoms with Crippen LogP contribution in [0.2, 0.25) is 0 Å². The molecule has 1 aliphatic carbocycles. The standard InChI is InChI=1S/C20H25F4N3OS/c1-18(2,3)12-29-10-15(17(28)27-19(11-25)8-9-19)26-16(20(22,23)24)13-4-6-14(21)7-5-13/h4-7,15-16,26H,8-10,12H2,1-3H3,(H,27,28). The quantitative estimate of drug-likeness (QED) is 0.601. The molecule has 1 aliphatic rings. The molecule has 0 saturated heterocycles. The van der Waals surface area contributed by atoms with Gasteiger partial charge in [0.05, 0.1) is 12.1 Å². The van der Waals surface area contributed by atoms with E-state index in [2.05, 4.69) is 10.6 Å². The zero-order chi connectivity index (χ0) is 21.9. The van der Waals surface area contributed by atoms with E-state index in [1.807, 2.05) is 26.8 Å². The number of carbonyl (C=O) groups is 1. The zero-order valence-electron chi connectivity index (χ0n) is 16.6. The van der Waals surface area contributed by atoms with Gasteiger partial charge in [-0.1, -0.05) is 32.9 Å². The molecule has 29 heavy (non-hydrogen) atoms. The molecule has 1 saturated carbocycles. The van der Waals surface area contributed by atoms with Crippen LogP contribution in [0, 0.1) is 22.6 Å². The van der Waals surface area contributed by atoms with Crippen molar-refractivity contribution in [2.24, 2.45) is 5.41 Å². The summed E-state index contributed by atoms with van der Waals surface area (Å²) < 4.78 is 54.3. The minimum absolute atomic E-state index is 0.0591. The van der Waals surface area contributed by atoms with Gasteiger partial charge in [0.2, 0.25) is 5.91 Å². The summed E-state index contributed by atoms with van der Waals surface area (Å²) in [6.45, 7) is 5.98. The van der Waals surface area contributed by atoms with E-state index in [4.69, 9.17) is 0 Å². The molecule has 1 fully saturated rings. The van der Waals surface area contributed by atoms with Crippen molar-refractivity contribution in [3.8, 4) is 6.07 Å². The Kier molecular flexibility index (Phi) is 7.23. The highest BCUT2D eigenvalue weighted by atomic mass is 32.2. The molecule has 1 aromatic rings. The Labute approximate surface area is 172 Å². The van der Waals surface area contributed by atoms with Gasteiger partial charge >= 0.3 is 6.18 Å². The fraction of sp³-hybridized carbons (Fsp3) is 0.600. The minimum atomic E-state index is -4.68. The lowest BCUT2D eigenvalue weighted by atomic mass is 10.0. The van der Waals surface area contributed by atoms with Gasteiger partial charge in [-0.15, -0.1) is 0 Å². The number of benzene rings is 1. The Morgan fingerprint density at radius 2 is 1.83 bits per heavy atom. The number of nitrogens with one attached hydrogen (secondary N) is 2. The van der Waals surface area contributed by atoms with Gasteiger partial charge in [0.25, 0.3) is 0 Å². The molecule has 2 unspecified atom stereocenters. The van der Waals surface area contributed by atoms with Gasteiger partial charge in [0.15, 0.2) is 0 Å². The van der Waals surface area contributed by atoms with E-state index >= 15 is 0 Å². The van der Waals surface area contributed by atoms with Crippen LogP contribution in [0.5, 0.6) is 0 Å². The lowest BCUT2D eigenvalue weighted by Gasteiger charge is -2.28. The SMILES string of the molecule is CC(C)(C)CSCC(NC(c1ccc(F)cc1)C(F)(F)F)C(=O)NC1(C#N)CC1. The maximum atomic E-state index is 13.7. The Hall–Kier alpha value is -1.79. The maximum Gasteiger partial charge on any atom is 0.407 e. The van der Waals surface area contributed by atoms with E-state index in [0.717, 1.165) is 24.3 Å². The lowest BCUT2D eigenvalue weighted by molar-refractivity contribution is -0.160. The van der Waals surface area contributed by atoms with E-state index in [-0.39, 0.29) is 16.7 Å². The summed E-state index contributed by atoms with van der Waals surface area (Å²) in [5.41, 5.74) is -1.22. The Balaban J connectivity index is 2.20. The molecule has 1 aromatic carbocycles. The molecule has 0 spiro atoms. The molecule has 160 valence electrons. The molecule has 0 aromatic heterocycles. The van der Waals surface area contributed by atoms with Gasteiger partial charge in [-0.3, -0.25) is 10.1 Å². The third-order valence-corrected chi connectivity index (χ3v) is 6.00. The molecule has 1 amide bonds. The summed E-state index contributed by atoms with van der Waals surface area (Å²) in [5.74, 6) is -0.524. The van der Waals surface area contributed by atoms with Crippen molar-refractivity contribution >= 4 is 17.7 Å². The second kappa shape index (κ2) is 8.92. The normalized spacial score (nSPS) is 17.9. The van der Waals surface area contributed by atoms with Crippen molar-refractivity contribution in [2.75, 3.05) is 11.5 Å². The summed E-state index contributed by atoms with van der Waals surface area (Å²) in [7, 11) is 0. The van der Waals surface area contributed by atoms with Gasteiger partial charge in [-0.25, -0.2) is 4.39 Å². The topological polar surface area (TPSA) is 64.9 Å². The molecular formula is C20H25F4N3OS. The monoisotopic (exact) mass is 431 g/mol. The smallest absolute Gasteiger partial charge is 0.336 e. The molecule has 0 aliphatic heterocycles. The molecule has 0 radical (unpaired) electrons. The van der Waals surface area contributed by atoms with Crippen LogP contribution in [0.25, 0.3) is 0 Å². The predicted molar refractivity (Wildman–Crippen MR) is 105 cm³/mol. The van der Waals surface area contributed by atoms with Gasteiger partial charge in [0, 0.05) is 5.75 Å². The number of nitrogens with zero attached hydrogens (tertiary/aromatic N) is 1. The second-order valence-corrected chi connectivity index (χ2v) is 9.53. The number of amides is 1. The molecule has 2 rings (SSSR count). The van der Waals surface area contributed by atoms with Crippen LogP contribution in [-0.2, 0) is 4.79 Å². The average Bonchev–Trinajstić information content (AvgIpc) is 3.37. The molecular weight excluding hydrogens is 406 g/mol. The first-order valence-corrected chi connectivity index (χ1v) is 10.4. The van der Waals surface area contributed by atoms with Crippen LogP contribution < -0.4 is 10.6 Å². The van der Waals surface area contributed by atoms with E-state index in [0.29, 0.717) is 18.6 Å². The van der Waals surface area contributed by atoms with Gasteiger partial charge in [0.1, 0.15) is 17.4 Å². The first-order valence-electron chi connectivity index (χ1n) is 9.24. The molecule has 9 heteroatoms. The van der Waals surface area contributed by atoms with Crippen molar-refractivity contribution in [3.05, 3.63) is 35.6 Å². The summed E-state index contributed by atoms with van der Waals surface area (Å²) in [4.78, 5) is 12.7. The van der Waals surface area contributed by atoms with Crippen LogP contribution in [0.4, 0.5) is 17.6 Å². The highest BCUT2D eigenvalue weighted by Gasteiger charge is 2.47. The van der Waals surface area contributed by atoms with Crippen LogP contribution in [0.15, 0.2) is 24.3 Å². The molecule has 4 nitrogen and oxygen atoms in total. The fourth-order valence-corrected chi connectivity index (χ4v) is 3.84. The van der Waals surface area contributed by atoms with Crippen LogP contribution in [0.3, 0.4) is 0 Å². The summed E-state index contributed by atoms with van der Waals surface area (Å²) >= 11 is 1.37. The highest BCUT2D eigenvalue weighted by molar-refractivity contribution is 7.99. The van der Waals surface area contributed by atoms with Crippen molar-refractivity contribution in [1.82, 2.24) is 10.6 Å². The van der Waals surface area contributed by atoms with Gasteiger partial charge in [-0.2, -0.15) is 30.2 Å². The molecule has 2 N–H and O–H groups in total. The van der Waals surface area contributed by atoms with Crippen LogP contribution in [0.1, 0.15) is 45.2 Å².